The van der Waals surface area contributed by atoms with E-state index in [1.807, 2.05) is 6.07 Å². The van der Waals surface area contributed by atoms with Crippen molar-refractivity contribution in [3.8, 4) is 6.07 Å². The van der Waals surface area contributed by atoms with Crippen LogP contribution in [0.2, 0.25) is 0 Å². The van der Waals surface area contributed by atoms with E-state index < -0.39 is 0 Å². The van der Waals surface area contributed by atoms with E-state index in [9.17, 15) is 14.0 Å². The number of hydrogen-bond acceptors (Lipinski definition) is 4. The number of hydrogen-bond donors (Lipinski definition) is 0. The number of rotatable bonds is 5. The van der Waals surface area contributed by atoms with E-state index in [0.717, 1.165) is 5.69 Å². The van der Waals surface area contributed by atoms with Gasteiger partial charge in [-0.1, -0.05) is 0 Å². The summed E-state index contributed by atoms with van der Waals surface area (Å²) < 4.78 is 13.1. The summed E-state index contributed by atoms with van der Waals surface area (Å²) in [6.07, 6.45) is 0.232. The molecule has 3 rings (SSSR count). The Balaban J connectivity index is 1.53. The highest BCUT2D eigenvalue weighted by Gasteiger charge is 2.22. The molecule has 1 saturated heterocycles. The van der Waals surface area contributed by atoms with E-state index >= 15 is 0 Å². The van der Waals surface area contributed by atoms with Gasteiger partial charge in [0.05, 0.1) is 11.6 Å². The third-order valence-corrected chi connectivity index (χ3v) is 5.06. The lowest BCUT2D eigenvalue weighted by molar-refractivity contribution is -0.131. The van der Waals surface area contributed by atoms with Gasteiger partial charge in [0.25, 0.3) is 0 Å². The van der Waals surface area contributed by atoms with Crippen LogP contribution in [0.1, 0.15) is 18.9 Å². The normalized spacial score (nSPS) is 13.7. The van der Waals surface area contributed by atoms with E-state index in [-0.39, 0.29) is 30.6 Å². The second kappa shape index (κ2) is 9.20. The molecular weight excluding hydrogens is 371 g/mol. The quantitative estimate of drug-likeness (QED) is 0.782. The fourth-order valence-electron chi connectivity index (χ4n) is 3.42. The molecule has 7 heteroatoms. The van der Waals surface area contributed by atoms with E-state index in [1.54, 1.807) is 46.2 Å². The van der Waals surface area contributed by atoms with Crippen molar-refractivity contribution in [1.82, 2.24) is 4.90 Å². The zero-order valence-corrected chi connectivity index (χ0v) is 16.3. The maximum absolute atomic E-state index is 13.1. The first-order valence-electron chi connectivity index (χ1n) is 9.54. The summed E-state index contributed by atoms with van der Waals surface area (Å²) in [5.41, 5.74) is 2.14. The molecule has 0 N–H and O–H groups in total. The van der Waals surface area contributed by atoms with Crippen LogP contribution in [0.5, 0.6) is 0 Å². The van der Waals surface area contributed by atoms with Crippen LogP contribution >= 0.6 is 0 Å². The lowest BCUT2D eigenvalue weighted by atomic mass is 10.2. The van der Waals surface area contributed by atoms with Gasteiger partial charge >= 0.3 is 0 Å². The minimum atomic E-state index is -0.264. The predicted octanol–water partition coefficient (Wildman–Crippen LogP) is 2.79. The molecule has 6 nitrogen and oxygen atoms in total. The summed E-state index contributed by atoms with van der Waals surface area (Å²) in [6, 6.07) is 15.1. The molecule has 150 valence electrons. The molecule has 1 heterocycles. The van der Waals surface area contributed by atoms with Gasteiger partial charge < -0.3 is 14.7 Å². The number of halogens is 1. The van der Waals surface area contributed by atoms with Gasteiger partial charge in [-0.15, -0.1) is 0 Å². The Bertz CT molecular complexity index is 898. The summed E-state index contributed by atoms with van der Waals surface area (Å²) in [5.74, 6) is -0.410. The molecule has 1 aliphatic rings. The Morgan fingerprint density at radius 1 is 1.03 bits per heavy atom. The summed E-state index contributed by atoms with van der Waals surface area (Å²) in [5, 5.41) is 8.90. The van der Waals surface area contributed by atoms with Gasteiger partial charge in [-0.3, -0.25) is 9.59 Å². The number of nitriles is 1. The zero-order valence-electron chi connectivity index (χ0n) is 16.3. The van der Waals surface area contributed by atoms with Gasteiger partial charge in [0.15, 0.2) is 0 Å². The highest BCUT2D eigenvalue weighted by molar-refractivity contribution is 5.92. The number of carbonyl (C=O) groups excluding carboxylic acids is 2. The van der Waals surface area contributed by atoms with Crippen molar-refractivity contribution < 1.29 is 14.0 Å². The molecule has 29 heavy (non-hydrogen) atoms. The zero-order chi connectivity index (χ0) is 20.8. The number of nitrogens with zero attached hydrogens (tertiary/aromatic N) is 4. The third-order valence-electron chi connectivity index (χ3n) is 5.06. The van der Waals surface area contributed by atoms with Crippen molar-refractivity contribution in [2.24, 2.45) is 0 Å². The van der Waals surface area contributed by atoms with Gasteiger partial charge in [0.2, 0.25) is 11.8 Å². The summed E-state index contributed by atoms with van der Waals surface area (Å²) in [4.78, 5) is 30.1. The average Bonchev–Trinajstić information content (AvgIpc) is 2.74. The molecule has 0 spiro atoms. The molecular formula is C22H23FN4O2. The Hall–Kier alpha value is -3.40. The maximum Gasteiger partial charge on any atom is 0.224 e. The molecule has 0 bridgehead atoms. The minimum absolute atomic E-state index is 0.00338. The number of benzene rings is 2. The predicted molar refractivity (Wildman–Crippen MR) is 109 cm³/mol. The topological polar surface area (TPSA) is 67.7 Å². The number of piperazine rings is 1. The van der Waals surface area contributed by atoms with Crippen LogP contribution in [0.15, 0.2) is 48.5 Å². The molecule has 0 radical (unpaired) electrons. The van der Waals surface area contributed by atoms with Gasteiger partial charge in [-0.05, 0) is 48.5 Å². The first kappa shape index (κ1) is 20.3. The number of anilines is 2. The van der Waals surface area contributed by atoms with Gasteiger partial charge in [-0.25, -0.2) is 4.39 Å². The summed E-state index contributed by atoms with van der Waals surface area (Å²) >= 11 is 0. The molecule has 2 amide bonds. The van der Waals surface area contributed by atoms with Gasteiger partial charge in [0, 0.05) is 57.4 Å². The Labute approximate surface area is 169 Å². The Kier molecular flexibility index (Phi) is 6.45. The van der Waals surface area contributed by atoms with E-state index in [1.165, 1.54) is 19.1 Å². The van der Waals surface area contributed by atoms with Crippen molar-refractivity contribution in [2.45, 2.75) is 13.3 Å². The lowest BCUT2D eigenvalue weighted by Crippen LogP contribution is -2.49. The van der Waals surface area contributed by atoms with E-state index in [2.05, 4.69) is 4.90 Å². The fourth-order valence-corrected chi connectivity index (χ4v) is 3.42. The molecule has 0 unspecified atom stereocenters. The first-order chi connectivity index (χ1) is 14.0. The fraction of sp³-hybridized carbons (Fsp3) is 0.318. The van der Waals surface area contributed by atoms with Crippen molar-refractivity contribution in [1.29, 1.82) is 5.26 Å². The first-order valence-corrected chi connectivity index (χ1v) is 9.54. The second-order valence-corrected chi connectivity index (χ2v) is 6.92. The molecule has 2 aromatic carbocycles. The van der Waals surface area contributed by atoms with Crippen LogP contribution in [-0.4, -0.2) is 49.4 Å². The van der Waals surface area contributed by atoms with Crippen molar-refractivity contribution in [3.63, 3.8) is 0 Å². The SMILES string of the molecule is CC(=O)N(CCC(=O)N1CCN(c2ccc(F)cc2)CC1)c1ccc(C#N)cc1. The number of amides is 2. The van der Waals surface area contributed by atoms with Gasteiger partial charge in [-0.2, -0.15) is 5.26 Å². The monoisotopic (exact) mass is 394 g/mol. The van der Waals surface area contributed by atoms with E-state index in [4.69, 9.17) is 5.26 Å². The smallest absolute Gasteiger partial charge is 0.224 e. The van der Waals surface area contributed by atoms with Gasteiger partial charge in [0.1, 0.15) is 5.82 Å². The molecule has 2 aromatic rings. The largest absolute Gasteiger partial charge is 0.368 e. The van der Waals surface area contributed by atoms with Crippen LogP contribution in [0, 0.1) is 17.1 Å². The van der Waals surface area contributed by atoms with E-state index in [0.29, 0.717) is 37.4 Å². The Morgan fingerprint density at radius 2 is 1.66 bits per heavy atom. The summed E-state index contributed by atoms with van der Waals surface area (Å²) in [7, 11) is 0. The molecule has 0 aliphatic carbocycles. The van der Waals surface area contributed by atoms with Crippen LogP contribution in [-0.2, 0) is 9.59 Å². The van der Waals surface area contributed by atoms with Crippen LogP contribution in [0.25, 0.3) is 0 Å². The molecule has 0 saturated carbocycles. The standard InChI is InChI=1S/C22H23FN4O2/c1-17(28)27(21-6-2-18(16-24)3-7-21)11-10-22(29)26-14-12-25(13-15-26)20-8-4-19(23)5-9-20/h2-9H,10-15H2,1H3. The second-order valence-electron chi connectivity index (χ2n) is 6.92. The lowest BCUT2D eigenvalue weighted by Gasteiger charge is -2.36. The van der Waals surface area contributed by atoms with Crippen molar-refractivity contribution >= 4 is 23.2 Å². The number of carbonyl (C=O) groups is 2. The van der Waals surface area contributed by atoms with Crippen LogP contribution < -0.4 is 9.80 Å². The summed E-state index contributed by atoms with van der Waals surface area (Å²) in [6.45, 7) is 4.30. The maximum atomic E-state index is 13.1. The van der Waals surface area contributed by atoms with Crippen LogP contribution in [0.3, 0.4) is 0 Å². The Morgan fingerprint density at radius 3 is 2.21 bits per heavy atom. The van der Waals surface area contributed by atoms with Crippen molar-refractivity contribution in [2.75, 3.05) is 42.5 Å². The highest BCUT2D eigenvalue weighted by atomic mass is 19.1. The molecule has 0 aromatic heterocycles. The van der Waals surface area contributed by atoms with Crippen molar-refractivity contribution in [3.05, 3.63) is 59.9 Å². The molecule has 1 aliphatic heterocycles. The average molecular weight is 394 g/mol. The minimum Gasteiger partial charge on any atom is -0.368 e. The molecule has 0 atom stereocenters. The van der Waals surface area contributed by atoms with Crippen LogP contribution in [0.4, 0.5) is 15.8 Å². The highest BCUT2D eigenvalue weighted by Crippen LogP contribution is 2.19. The molecule has 1 fully saturated rings. The third kappa shape index (κ3) is 5.11.